The number of unbranched alkanes of at least 4 members (excludes halogenated alkanes) is 11. The molecule has 1 aliphatic heterocycles. The minimum absolute atomic E-state index is 0. The number of ether oxygens (including phenoxy) is 2. The zero-order valence-electron chi connectivity index (χ0n) is 24.5. The van der Waals surface area contributed by atoms with Gasteiger partial charge in [0.15, 0.2) is 6.61 Å². The van der Waals surface area contributed by atoms with Crippen molar-refractivity contribution in [2.24, 2.45) is 0 Å². The Morgan fingerprint density at radius 3 is 2.00 bits per heavy atom. The van der Waals surface area contributed by atoms with E-state index in [1.807, 2.05) is 42.5 Å². The third-order valence-corrected chi connectivity index (χ3v) is 8.06. The summed E-state index contributed by atoms with van der Waals surface area (Å²) < 4.78 is 11.6. The molecule has 0 saturated carbocycles. The number of allylic oxidation sites excluding steroid dienone is 1. The van der Waals surface area contributed by atoms with Crippen molar-refractivity contribution in [3.63, 3.8) is 0 Å². The van der Waals surface area contributed by atoms with Gasteiger partial charge in [0, 0.05) is 17.9 Å². The SMILES string of the molecule is Br.CCCCCCCCCCCCCCOc1ccc(OCC(=O)Nc2ccccc2CN2CSC=C2C)cc1. The Morgan fingerprint density at radius 1 is 0.825 bits per heavy atom. The summed E-state index contributed by atoms with van der Waals surface area (Å²) in [5.41, 5.74) is 3.18. The second-order valence-electron chi connectivity index (χ2n) is 10.5. The molecule has 0 bridgehead atoms. The summed E-state index contributed by atoms with van der Waals surface area (Å²) in [7, 11) is 0. The Morgan fingerprint density at radius 2 is 1.40 bits per heavy atom. The molecule has 0 aliphatic carbocycles. The van der Waals surface area contributed by atoms with E-state index in [9.17, 15) is 4.79 Å². The van der Waals surface area contributed by atoms with Crippen molar-refractivity contribution in [1.29, 1.82) is 0 Å². The summed E-state index contributed by atoms with van der Waals surface area (Å²) in [5.74, 6) is 2.27. The minimum Gasteiger partial charge on any atom is -0.494 e. The highest BCUT2D eigenvalue weighted by molar-refractivity contribution is 8.93. The molecule has 0 fully saturated rings. The normalized spacial score (nSPS) is 12.6. The zero-order chi connectivity index (χ0) is 27.5. The van der Waals surface area contributed by atoms with Crippen molar-refractivity contribution in [3.05, 3.63) is 65.2 Å². The maximum atomic E-state index is 12.6. The van der Waals surface area contributed by atoms with Gasteiger partial charge in [0.1, 0.15) is 11.5 Å². The number of carbonyl (C=O) groups excluding carboxylic acids is 1. The number of anilines is 1. The third kappa shape index (κ3) is 13.5. The Bertz CT molecular complexity index is 999. The predicted molar refractivity (Wildman–Crippen MR) is 176 cm³/mol. The Kier molecular flexibility index (Phi) is 17.6. The molecular formula is C33H49BrN2O3S. The number of nitrogens with zero attached hydrogens (tertiary/aromatic N) is 1. The fourth-order valence-corrected chi connectivity index (χ4v) is 5.62. The van der Waals surface area contributed by atoms with Crippen molar-refractivity contribution < 1.29 is 14.3 Å². The quantitative estimate of drug-likeness (QED) is 0.147. The van der Waals surface area contributed by atoms with Gasteiger partial charge >= 0.3 is 0 Å². The number of para-hydroxylation sites is 1. The molecule has 0 atom stereocenters. The maximum absolute atomic E-state index is 12.6. The van der Waals surface area contributed by atoms with Crippen molar-refractivity contribution in [1.82, 2.24) is 4.90 Å². The van der Waals surface area contributed by atoms with Crippen LogP contribution in [-0.4, -0.2) is 29.9 Å². The molecule has 3 rings (SSSR count). The van der Waals surface area contributed by atoms with Gasteiger partial charge < -0.3 is 19.7 Å². The van der Waals surface area contributed by atoms with Gasteiger partial charge in [0.05, 0.1) is 12.5 Å². The molecule has 1 heterocycles. The van der Waals surface area contributed by atoms with Crippen LogP contribution in [0.3, 0.4) is 0 Å². The lowest BCUT2D eigenvalue weighted by Gasteiger charge is -2.21. The number of hydrogen-bond donors (Lipinski definition) is 1. The molecule has 1 aliphatic rings. The average Bonchev–Trinajstić information content (AvgIpc) is 3.35. The van der Waals surface area contributed by atoms with Crippen LogP contribution in [0.15, 0.2) is 59.6 Å². The van der Waals surface area contributed by atoms with Crippen molar-refractivity contribution in [2.45, 2.75) is 97.4 Å². The lowest BCUT2D eigenvalue weighted by atomic mass is 10.1. The molecule has 0 aromatic heterocycles. The third-order valence-electron chi connectivity index (χ3n) is 7.10. The number of halogens is 1. The molecule has 2 aromatic carbocycles. The molecule has 1 N–H and O–H groups in total. The van der Waals surface area contributed by atoms with Crippen LogP contribution in [-0.2, 0) is 11.3 Å². The van der Waals surface area contributed by atoms with E-state index in [1.54, 1.807) is 11.8 Å². The first kappa shape index (κ1) is 34.1. The summed E-state index contributed by atoms with van der Waals surface area (Å²) in [6.07, 6.45) is 16.1. The molecular weight excluding hydrogens is 584 g/mol. The maximum Gasteiger partial charge on any atom is 0.262 e. The number of hydrogen-bond acceptors (Lipinski definition) is 5. The molecule has 40 heavy (non-hydrogen) atoms. The van der Waals surface area contributed by atoms with E-state index in [-0.39, 0.29) is 29.5 Å². The molecule has 0 unspecified atom stereocenters. The molecule has 2 aromatic rings. The van der Waals surface area contributed by atoms with Gasteiger partial charge in [0.2, 0.25) is 0 Å². The van der Waals surface area contributed by atoms with Crippen LogP contribution < -0.4 is 14.8 Å². The van der Waals surface area contributed by atoms with Crippen molar-refractivity contribution in [2.75, 3.05) is 24.4 Å². The number of nitrogens with one attached hydrogen (secondary N) is 1. The van der Waals surface area contributed by atoms with Crippen LogP contribution in [0.1, 0.15) is 96.5 Å². The zero-order valence-corrected chi connectivity index (χ0v) is 27.0. The van der Waals surface area contributed by atoms with Gasteiger partial charge in [-0.3, -0.25) is 4.79 Å². The minimum atomic E-state index is -0.169. The van der Waals surface area contributed by atoms with Crippen molar-refractivity contribution in [3.8, 4) is 11.5 Å². The average molecular weight is 634 g/mol. The monoisotopic (exact) mass is 632 g/mol. The van der Waals surface area contributed by atoms with Gasteiger partial charge in [-0.25, -0.2) is 0 Å². The van der Waals surface area contributed by atoms with Crippen LogP contribution in [0.5, 0.6) is 11.5 Å². The molecule has 7 heteroatoms. The standard InChI is InChI=1S/C33H48N2O3S.BrH/c1-3-4-5-6-7-8-9-10-11-12-13-16-23-37-30-19-21-31(22-20-30)38-25-33(36)34-32-18-15-14-17-29(32)24-35-27-39-26-28(35)2;/h14-15,17-22,26H,3-13,16,23-25,27H2,1-2H3,(H,34,36);1H. The molecule has 0 saturated heterocycles. The van der Waals surface area contributed by atoms with E-state index in [0.29, 0.717) is 5.75 Å². The second-order valence-corrected chi connectivity index (χ2v) is 11.3. The van der Waals surface area contributed by atoms with Gasteiger partial charge in [-0.05, 0) is 54.6 Å². The Labute approximate surface area is 257 Å². The smallest absolute Gasteiger partial charge is 0.262 e. The van der Waals surface area contributed by atoms with Crippen LogP contribution in [0.2, 0.25) is 0 Å². The van der Waals surface area contributed by atoms with E-state index in [1.165, 1.54) is 76.3 Å². The van der Waals surface area contributed by atoms with Gasteiger partial charge in [0.25, 0.3) is 5.91 Å². The fourth-order valence-electron chi connectivity index (χ4n) is 4.68. The highest BCUT2D eigenvalue weighted by Crippen LogP contribution is 2.27. The van der Waals surface area contributed by atoms with E-state index >= 15 is 0 Å². The first-order chi connectivity index (χ1) is 19.2. The van der Waals surface area contributed by atoms with Crippen LogP contribution in [0.4, 0.5) is 5.69 Å². The number of amides is 1. The summed E-state index contributed by atoms with van der Waals surface area (Å²) >= 11 is 1.80. The Hall–Kier alpha value is -2.12. The second kappa shape index (κ2) is 20.7. The molecule has 5 nitrogen and oxygen atoms in total. The van der Waals surface area contributed by atoms with Gasteiger partial charge in [-0.15, -0.1) is 28.7 Å². The Balaban J connectivity index is 0.00000560. The lowest BCUT2D eigenvalue weighted by Crippen LogP contribution is -2.22. The molecule has 1 amide bonds. The number of carbonyl (C=O) groups is 1. The summed E-state index contributed by atoms with van der Waals surface area (Å²) in [6.45, 7) is 5.87. The molecule has 0 spiro atoms. The van der Waals surface area contributed by atoms with Gasteiger partial charge in [-0.2, -0.15) is 0 Å². The summed E-state index contributed by atoms with van der Waals surface area (Å²) in [6, 6.07) is 15.5. The largest absolute Gasteiger partial charge is 0.494 e. The summed E-state index contributed by atoms with van der Waals surface area (Å²) in [5, 5.41) is 5.18. The topological polar surface area (TPSA) is 50.8 Å². The highest BCUT2D eigenvalue weighted by atomic mass is 79.9. The first-order valence-electron chi connectivity index (χ1n) is 14.9. The highest BCUT2D eigenvalue weighted by Gasteiger charge is 2.15. The first-order valence-corrected chi connectivity index (χ1v) is 16.0. The van der Waals surface area contributed by atoms with E-state index < -0.39 is 0 Å². The lowest BCUT2D eigenvalue weighted by molar-refractivity contribution is -0.118. The van der Waals surface area contributed by atoms with Gasteiger partial charge in [-0.1, -0.05) is 95.8 Å². The molecule has 222 valence electrons. The van der Waals surface area contributed by atoms with E-state index in [0.717, 1.165) is 42.4 Å². The molecule has 0 radical (unpaired) electrons. The number of rotatable bonds is 20. The van der Waals surface area contributed by atoms with Crippen LogP contribution >= 0.6 is 28.7 Å². The van der Waals surface area contributed by atoms with Crippen molar-refractivity contribution >= 4 is 40.3 Å². The van der Waals surface area contributed by atoms with Crippen LogP contribution in [0, 0.1) is 0 Å². The number of thioether (sulfide) groups is 1. The summed E-state index contributed by atoms with van der Waals surface area (Å²) in [4.78, 5) is 14.9. The van der Waals surface area contributed by atoms with E-state index in [4.69, 9.17) is 9.47 Å². The van der Waals surface area contributed by atoms with Crippen LogP contribution in [0.25, 0.3) is 0 Å². The number of benzene rings is 2. The fraction of sp³-hybridized carbons (Fsp3) is 0.545. The van der Waals surface area contributed by atoms with E-state index in [2.05, 4.69) is 35.5 Å². The predicted octanol–water partition coefficient (Wildman–Crippen LogP) is 9.73.